The van der Waals surface area contributed by atoms with Gasteiger partial charge in [0.25, 0.3) is 5.91 Å². The summed E-state index contributed by atoms with van der Waals surface area (Å²) >= 11 is 4.87. The minimum Gasteiger partial charge on any atom is -0.387 e. The largest absolute Gasteiger partial charge is 0.387 e. The highest BCUT2D eigenvalue weighted by atomic mass is 32.1. The molecule has 2 aromatic heterocycles. The Hall–Kier alpha value is -2.35. The number of hydrogen-bond donors (Lipinski definition) is 2. The van der Waals surface area contributed by atoms with E-state index < -0.39 is 0 Å². The molecule has 1 amide bonds. The van der Waals surface area contributed by atoms with E-state index in [4.69, 9.17) is 18.0 Å². The summed E-state index contributed by atoms with van der Waals surface area (Å²) in [5, 5.41) is 10.2. The van der Waals surface area contributed by atoms with Gasteiger partial charge in [0.1, 0.15) is 4.99 Å². The fourth-order valence-electron chi connectivity index (χ4n) is 1.37. The number of nitrogens with one attached hydrogen (secondary N) is 1. The first kappa shape index (κ1) is 12.1. The van der Waals surface area contributed by atoms with Crippen LogP contribution < -0.4 is 11.1 Å². The van der Waals surface area contributed by atoms with Gasteiger partial charge >= 0.3 is 0 Å². The second kappa shape index (κ2) is 4.88. The Morgan fingerprint density at radius 3 is 2.78 bits per heavy atom. The van der Waals surface area contributed by atoms with Crippen LogP contribution in [0.5, 0.6) is 0 Å². The molecule has 0 aromatic carbocycles. The molecule has 8 heteroatoms. The average molecular weight is 262 g/mol. The highest BCUT2D eigenvalue weighted by Gasteiger charge is 2.10. The van der Waals surface area contributed by atoms with Gasteiger partial charge in [0.2, 0.25) is 0 Å². The zero-order valence-electron chi connectivity index (χ0n) is 9.49. The summed E-state index contributed by atoms with van der Waals surface area (Å²) < 4.78 is 1.60. The number of rotatable bonds is 3. The molecule has 0 saturated heterocycles. The summed E-state index contributed by atoms with van der Waals surface area (Å²) in [7, 11) is 1.53. The Labute approximate surface area is 108 Å². The molecule has 2 aromatic rings. The number of hydrogen-bond acceptors (Lipinski definition) is 5. The van der Waals surface area contributed by atoms with Crippen LogP contribution in [0, 0.1) is 0 Å². The average Bonchev–Trinajstić information content (AvgIpc) is 2.87. The second-order valence-electron chi connectivity index (χ2n) is 3.34. The Morgan fingerprint density at radius 2 is 2.22 bits per heavy atom. The molecule has 0 fully saturated rings. The topological polar surface area (TPSA) is 98.7 Å². The Morgan fingerprint density at radius 1 is 1.44 bits per heavy atom. The molecular weight excluding hydrogens is 252 g/mol. The van der Waals surface area contributed by atoms with Crippen molar-refractivity contribution in [2.24, 2.45) is 5.73 Å². The van der Waals surface area contributed by atoms with Crippen molar-refractivity contribution in [1.82, 2.24) is 25.1 Å². The molecule has 2 heterocycles. The summed E-state index contributed by atoms with van der Waals surface area (Å²) in [6.45, 7) is 0. The molecule has 0 aliphatic rings. The molecule has 92 valence electrons. The van der Waals surface area contributed by atoms with E-state index in [0.29, 0.717) is 11.6 Å². The monoisotopic (exact) mass is 262 g/mol. The van der Waals surface area contributed by atoms with Crippen molar-refractivity contribution in [3.8, 4) is 5.82 Å². The van der Waals surface area contributed by atoms with Gasteiger partial charge in [0.15, 0.2) is 17.3 Å². The van der Waals surface area contributed by atoms with Gasteiger partial charge in [-0.1, -0.05) is 12.2 Å². The van der Waals surface area contributed by atoms with Crippen LogP contribution in [-0.2, 0) is 0 Å². The van der Waals surface area contributed by atoms with E-state index in [-0.39, 0.29) is 16.6 Å². The standard InChI is InChI=1S/C10H10N6OS/c1-12-10(17)6-2-3-7(15-14-6)16-5-4-13-9(16)8(11)18/h2-5H,1H3,(H2,11,18)(H,12,17). The molecule has 0 spiro atoms. The molecular formula is C10H10N6OS. The summed E-state index contributed by atoms with van der Waals surface area (Å²) in [6, 6.07) is 3.20. The van der Waals surface area contributed by atoms with Gasteiger partial charge in [-0.15, -0.1) is 10.2 Å². The Bertz CT molecular complexity index is 591. The first-order valence-corrected chi connectivity index (χ1v) is 5.43. The maximum atomic E-state index is 11.3. The van der Waals surface area contributed by atoms with Crippen molar-refractivity contribution in [2.75, 3.05) is 7.05 Å². The zero-order chi connectivity index (χ0) is 13.1. The van der Waals surface area contributed by atoms with Gasteiger partial charge in [-0.3, -0.25) is 9.36 Å². The van der Waals surface area contributed by atoms with Gasteiger partial charge in [-0.25, -0.2) is 4.98 Å². The summed E-state index contributed by atoms with van der Waals surface area (Å²) in [5.41, 5.74) is 5.77. The number of nitrogens with zero attached hydrogens (tertiary/aromatic N) is 4. The smallest absolute Gasteiger partial charge is 0.271 e. The lowest BCUT2D eigenvalue weighted by Gasteiger charge is -2.05. The molecule has 7 nitrogen and oxygen atoms in total. The summed E-state index contributed by atoms with van der Waals surface area (Å²) in [5.74, 6) is 0.615. The highest BCUT2D eigenvalue weighted by Crippen LogP contribution is 2.07. The first-order valence-electron chi connectivity index (χ1n) is 5.03. The molecule has 18 heavy (non-hydrogen) atoms. The molecule has 0 atom stereocenters. The van der Waals surface area contributed by atoms with E-state index in [0.717, 1.165) is 0 Å². The van der Waals surface area contributed by atoms with Crippen molar-refractivity contribution in [2.45, 2.75) is 0 Å². The van der Waals surface area contributed by atoms with E-state index in [1.165, 1.54) is 7.05 Å². The van der Waals surface area contributed by atoms with Gasteiger partial charge in [0.05, 0.1) is 0 Å². The van der Waals surface area contributed by atoms with Crippen molar-refractivity contribution >= 4 is 23.1 Å². The summed E-state index contributed by atoms with van der Waals surface area (Å²) in [4.78, 5) is 15.5. The zero-order valence-corrected chi connectivity index (χ0v) is 10.3. The summed E-state index contributed by atoms with van der Waals surface area (Å²) in [6.07, 6.45) is 3.22. The van der Waals surface area contributed by atoms with Gasteiger partial charge in [-0.2, -0.15) is 0 Å². The number of imidazole rings is 1. The highest BCUT2D eigenvalue weighted by molar-refractivity contribution is 7.80. The van der Waals surface area contributed by atoms with E-state index >= 15 is 0 Å². The molecule has 3 N–H and O–H groups in total. The third-order valence-corrected chi connectivity index (χ3v) is 2.40. The maximum Gasteiger partial charge on any atom is 0.271 e. The van der Waals surface area contributed by atoms with E-state index in [1.54, 1.807) is 29.1 Å². The van der Waals surface area contributed by atoms with Crippen molar-refractivity contribution in [3.63, 3.8) is 0 Å². The predicted molar refractivity (Wildman–Crippen MR) is 68.4 cm³/mol. The lowest BCUT2D eigenvalue weighted by Crippen LogP contribution is -2.20. The minimum absolute atomic E-state index is 0.164. The van der Waals surface area contributed by atoms with Crippen LogP contribution in [0.4, 0.5) is 0 Å². The number of amides is 1. The van der Waals surface area contributed by atoms with Crippen LogP contribution >= 0.6 is 12.2 Å². The van der Waals surface area contributed by atoms with Crippen molar-refractivity contribution < 1.29 is 4.79 Å². The quantitative estimate of drug-likeness (QED) is 0.734. The third-order valence-electron chi connectivity index (χ3n) is 2.22. The normalized spacial score (nSPS) is 10.1. The maximum absolute atomic E-state index is 11.3. The van der Waals surface area contributed by atoms with Crippen LogP contribution in [0.2, 0.25) is 0 Å². The minimum atomic E-state index is -0.297. The lowest BCUT2D eigenvalue weighted by molar-refractivity contribution is 0.0957. The molecule has 0 unspecified atom stereocenters. The van der Waals surface area contributed by atoms with Crippen molar-refractivity contribution in [3.05, 3.63) is 36.0 Å². The van der Waals surface area contributed by atoms with Crippen LogP contribution in [0.15, 0.2) is 24.5 Å². The number of carbonyl (C=O) groups is 1. The van der Waals surface area contributed by atoms with Crippen LogP contribution in [0.3, 0.4) is 0 Å². The molecule has 2 rings (SSSR count). The molecule has 0 bridgehead atoms. The SMILES string of the molecule is CNC(=O)c1ccc(-n2ccnc2C(N)=S)nn1. The van der Waals surface area contributed by atoms with Crippen LogP contribution in [-0.4, -0.2) is 37.7 Å². The predicted octanol–water partition coefficient (Wildman–Crippen LogP) is -0.344. The van der Waals surface area contributed by atoms with Crippen molar-refractivity contribution in [1.29, 1.82) is 0 Å². The van der Waals surface area contributed by atoms with E-state index in [9.17, 15) is 4.79 Å². The number of thiocarbonyl (C=S) groups is 1. The van der Waals surface area contributed by atoms with Crippen LogP contribution in [0.1, 0.15) is 16.3 Å². The molecule has 0 aliphatic carbocycles. The van der Waals surface area contributed by atoms with Gasteiger partial charge in [-0.05, 0) is 12.1 Å². The Balaban J connectivity index is 2.37. The van der Waals surface area contributed by atoms with Crippen LogP contribution in [0.25, 0.3) is 5.82 Å². The molecule has 0 radical (unpaired) electrons. The number of nitrogens with two attached hydrogens (primary N) is 1. The molecule has 0 saturated carbocycles. The Kier molecular flexibility index (Phi) is 3.28. The number of carbonyl (C=O) groups excluding carboxylic acids is 1. The molecule has 0 aliphatic heterocycles. The fourth-order valence-corrected chi connectivity index (χ4v) is 1.52. The third kappa shape index (κ3) is 2.18. The second-order valence-corrected chi connectivity index (χ2v) is 3.78. The fraction of sp³-hybridized carbons (Fsp3) is 0.100. The first-order chi connectivity index (χ1) is 8.63. The lowest BCUT2D eigenvalue weighted by atomic mass is 10.3. The number of aromatic nitrogens is 4. The van der Waals surface area contributed by atoms with Gasteiger partial charge in [0, 0.05) is 19.4 Å². The van der Waals surface area contributed by atoms with E-state index in [1.807, 2.05) is 0 Å². The van der Waals surface area contributed by atoms with E-state index in [2.05, 4.69) is 20.5 Å². The van der Waals surface area contributed by atoms with Gasteiger partial charge < -0.3 is 11.1 Å².